The second-order valence-corrected chi connectivity index (χ2v) is 3.80. The minimum absolute atomic E-state index is 0.221. The number of aromatic nitrogens is 2. The SMILES string of the molecule is CCN(Cc1noc(CN)n1)c1cccc(F)c1. The van der Waals surface area contributed by atoms with E-state index >= 15 is 0 Å². The normalized spacial score (nSPS) is 10.6. The predicted octanol–water partition coefficient (Wildman–Crippen LogP) is 1.69. The van der Waals surface area contributed by atoms with Crippen molar-refractivity contribution >= 4 is 5.69 Å². The van der Waals surface area contributed by atoms with E-state index in [0.717, 1.165) is 12.2 Å². The largest absolute Gasteiger partial charge is 0.364 e. The summed E-state index contributed by atoms with van der Waals surface area (Å²) in [6.45, 7) is 3.38. The van der Waals surface area contributed by atoms with E-state index in [-0.39, 0.29) is 12.4 Å². The van der Waals surface area contributed by atoms with Gasteiger partial charge in [-0.25, -0.2) is 4.39 Å². The number of halogens is 1. The van der Waals surface area contributed by atoms with Crippen molar-refractivity contribution in [3.8, 4) is 0 Å². The Morgan fingerprint density at radius 2 is 2.28 bits per heavy atom. The Kier molecular flexibility index (Phi) is 3.88. The summed E-state index contributed by atoms with van der Waals surface area (Å²) in [6, 6.07) is 6.41. The summed E-state index contributed by atoms with van der Waals surface area (Å²) in [7, 11) is 0. The summed E-state index contributed by atoms with van der Waals surface area (Å²) in [5.41, 5.74) is 6.19. The predicted molar refractivity (Wildman–Crippen MR) is 65.3 cm³/mol. The molecule has 0 bridgehead atoms. The van der Waals surface area contributed by atoms with Gasteiger partial charge in [0.05, 0.1) is 13.1 Å². The second kappa shape index (κ2) is 5.59. The van der Waals surface area contributed by atoms with Crippen molar-refractivity contribution in [2.24, 2.45) is 5.73 Å². The van der Waals surface area contributed by atoms with Crippen LogP contribution in [0.1, 0.15) is 18.6 Å². The molecule has 0 aliphatic heterocycles. The van der Waals surface area contributed by atoms with Crippen molar-refractivity contribution < 1.29 is 8.91 Å². The quantitative estimate of drug-likeness (QED) is 0.874. The molecule has 2 N–H and O–H groups in total. The van der Waals surface area contributed by atoms with Crippen molar-refractivity contribution in [3.05, 3.63) is 41.8 Å². The molecule has 1 heterocycles. The number of nitrogens with zero attached hydrogens (tertiary/aromatic N) is 3. The zero-order valence-electron chi connectivity index (χ0n) is 10.1. The van der Waals surface area contributed by atoms with Crippen LogP contribution in [0.5, 0.6) is 0 Å². The monoisotopic (exact) mass is 250 g/mol. The molecule has 0 aliphatic rings. The molecule has 0 saturated carbocycles. The Morgan fingerprint density at radius 1 is 1.44 bits per heavy atom. The second-order valence-electron chi connectivity index (χ2n) is 3.80. The summed E-state index contributed by atoms with van der Waals surface area (Å²) in [4.78, 5) is 6.08. The molecule has 2 aromatic rings. The van der Waals surface area contributed by atoms with Crippen LogP contribution < -0.4 is 10.6 Å². The van der Waals surface area contributed by atoms with E-state index in [4.69, 9.17) is 10.3 Å². The molecule has 6 heteroatoms. The van der Waals surface area contributed by atoms with Crippen LogP contribution in [0.25, 0.3) is 0 Å². The van der Waals surface area contributed by atoms with Crippen LogP contribution in [0.2, 0.25) is 0 Å². The van der Waals surface area contributed by atoms with Gasteiger partial charge in [0.15, 0.2) is 5.82 Å². The van der Waals surface area contributed by atoms with Gasteiger partial charge < -0.3 is 15.2 Å². The van der Waals surface area contributed by atoms with Gasteiger partial charge in [0.2, 0.25) is 5.89 Å². The van der Waals surface area contributed by atoms with E-state index in [1.54, 1.807) is 6.07 Å². The molecule has 0 amide bonds. The molecule has 1 aromatic carbocycles. The molecule has 96 valence electrons. The minimum Gasteiger partial charge on any atom is -0.364 e. The van der Waals surface area contributed by atoms with Gasteiger partial charge >= 0.3 is 0 Å². The van der Waals surface area contributed by atoms with Crippen molar-refractivity contribution in [3.63, 3.8) is 0 Å². The number of hydrogen-bond donors (Lipinski definition) is 1. The fourth-order valence-corrected chi connectivity index (χ4v) is 1.67. The van der Waals surface area contributed by atoms with E-state index in [1.807, 2.05) is 17.9 Å². The molecule has 5 nitrogen and oxygen atoms in total. The maximum atomic E-state index is 13.2. The van der Waals surface area contributed by atoms with Crippen LogP contribution in [0.4, 0.5) is 10.1 Å². The van der Waals surface area contributed by atoms with Crippen LogP contribution >= 0.6 is 0 Å². The molecule has 0 aliphatic carbocycles. The van der Waals surface area contributed by atoms with Gasteiger partial charge in [0.25, 0.3) is 0 Å². The standard InChI is InChI=1S/C12H15FN4O/c1-2-17(10-5-3-4-9(13)6-10)8-11-15-12(7-14)18-16-11/h3-6H,2,7-8,14H2,1H3. The van der Waals surface area contributed by atoms with Crippen LogP contribution in [-0.4, -0.2) is 16.7 Å². The van der Waals surface area contributed by atoms with E-state index in [9.17, 15) is 4.39 Å². The lowest BCUT2D eigenvalue weighted by Gasteiger charge is -2.21. The van der Waals surface area contributed by atoms with Gasteiger partial charge in [-0.1, -0.05) is 11.2 Å². The lowest BCUT2D eigenvalue weighted by Crippen LogP contribution is -2.22. The molecule has 0 unspecified atom stereocenters. The van der Waals surface area contributed by atoms with Gasteiger partial charge in [-0.3, -0.25) is 0 Å². The maximum absolute atomic E-state index is 13.2. The smallest absolute Gasteiger partial charge is 0.240 e. The van der Waals surface area contributed by atoms with Crippen LogP contribution in [-0.2, 0) is 13.1 Å². The highest BCUT2D eigenvalue weighted by molar-refractivity contribution is 5.46. The van der Waals surface area contributed by atoms with Crippen molar-refractivity contribution in [2.75, 3.05) is 11.4 Å². The first-order valence-electron chi connectivity index (χ1n) is 5.75. The maximum Gasteiger partial charge on any atom is 0.240 e. The van der Waals surface area contributed by atoms with E-state index < -0.39 is 0 Å². The average molecular weight is 250 g/mol. The van der Waals surface area contributed by atoms with E-state index in [0.29, 0.717) is 18.3 Å². The van der Waals surface area contributed by atoms with Gasteiger partial charge in [-0.05, 0) is 25.1 Å². The molecule has 0 spiro atoms. The van der Waals surface area contributed by atoms with Gasteiger partial charge in [-0.2, -0.15) is 4.98 Å². The Bertz CT molecular complexity index is 514. The third-order valence-corrected chi connectivity index (χ3v) is 2.57. The number of hydrogen-bond acceptors (Lipinski definition) is 5. The molecule has 2 rings (SSSR count). The molecule has 0 radical (unpaired) electrons. The van der Waals surface area contributed by atoms with Crippen LogP contribution in [0.15, 0.2) is 28.8 Å². The Balaban J connectivity index is 2.14. The fraction of sp³-hybridized carbons (Fsp3) is 0.333. The number of rotatable bonds is 5. The zero-order valence-corrected chi connectivity index (χ0v) is 10.1. The molecule has 0 saturated heterocycles. The Hall–Kier alpha value is -1.95. The Morgan fingerprint density at radius 3 is 2.89 bits per heavy atom. The van der Waals surface area contributed by atoms with Gasteiger partial charge in [0, 0.05) is 12.2 Å². The highest BCUT2D eigenvalue weighted by Crippen LogP contribution is 2.17. The number of nitrogens with two attached hydrogens (primary N) is 1. The first-order chi connectivity index (χ1) is 8.72. The number of anilines is 1. The molecular formula is C12H15FN4O. The van der Waals surface area contributed by atoms with Gasteiger partial charge in [0.1, 0.15) is 5.82 Å². The fourth-order valence-electron chi connectivity index (χ4n) is 1.67. The van der Waals surface area contributed by atoms with Crippen LogP contribution in [0.3, 0.4) is 0 Å². The van der Waals surface area contributed by atoms with Crippen molar-refractivity contribution in [1.29, 1.82) is 0 Å². The summed E-state index contributed by atoms with van der Waals surface area (Å²) < 4.78 is 18.1. The highest BCUT2D eigenvalue weighted by Gasteiger charge is 2.11. The summed E-state index contributed by atoms with van der Waals surface area (Å²) in [6.07, 6.45) is 0. The Labute approximate surface area is 104 Å². The van der Waals surface area contributed by atoms with Crippen molar-refractivity contribution in [2.45, 2.75) is 20.0 Å². The molecular weight excluding hydrogens is 235 g/mol. The zero-order chi connectivity index (χ0) is 13.0. The summed E-state index contributed by atoms with van der Waals surface area (Å²) >= 11 is 0. The lowest BCUT2D eigenvalue weighted by atomic mass is 10.2. The first-order valence-corrected chi connectivity index (χ1v) is 5.75. The molecule has 1 aromatic heterocycles. The molecule has 0 atom stereocenters. The summed E-state index contributed by atoms with van der Waals surface area (Å²) in [5.74, 6) is 0.684. The lowest BCUT2D eigenvalue weighted by molar-refractivity contribution is 0.374. The van der Waals surface area contributed by atoms with E-state index in [2.05, 4.69) is 10.1 Å². The number of benzene rings is 1. The van der Waals surface area contributed by atoms with Crippen LogP contribution in [0, 0.1) is 5.82 Å². The van der Waals surface area contributed by atoms with Gasteiger partial charge in [-0.15, -0.1) is 0 Å². The highest BCUT2D eigenvalue weighted by atomic mass is 19.1. The topological polar surface area (TPSA) is 68.2 Å². The molecule has 18 heavy (non-hydrogen) atoms. The minimum atomic E-state index is -0.262. The molecule has 0 fully saturated rings. The third-order valence-electron chi connectivity index (χ3n) is 2.57. The first kappa shape index (κ1) is 12.5. The summed E-state index contributed by atoms with van der Waals surface area (Å²) in [5, 5.41) is 3.82. The third kappa shape index (κ3) is 2.84. The van der Waals surface area contributed by atoms with Crippen molar-refractivity contribution in [1.82, 2.24) is 10.1 Å². The average Bonchev–Trinajstić information content (AvgIpc) is 2.83. The van der Waals surface area contributed by atoms with E-state index in [1.165, 1.54) is 12.1 Å².